The van der Waals surface area contributed by atoms with E-state index in [0.717, 1.165) is 36.8 Å². The first-order valence-corrected chi connectivity index (χ1v) is 6.69. The second kappa shape index (κ2) is 6.71. The fourth-order valence-electron chi connectivity index (χ4n) is 1.64. The van der Waals surface area contributed by atoms with E-state index in [1.165, 1.54) is 12.8 Å². The third-order valence-electron chi connectivity index (χ3n) is 3.15. The molecule has 1 atom stereocenters. The largest absolute Gasteiger partial charge is 0.466 e. The van der Waals surface area contributed by atoms with Gasteiger partial charge in [-0.1, -0.05) is 6.92 Å². The molecule has 1 aliphatic carbocycles. The lowest BCUT2D eigenvalue weighted by atomic mass is 10.1. The molecule has 18 heavy (non-hydrogen) atoms. The van der Waals surface area contributed by atoms with E-state index in [1.807, 2.05) is 12.1 Å². The number of rotatable bonds is 8. The molecule has 100 valence electrons. The molecular formula is C14H22N2O2. The molecule has 0 aliphatic heterocycles. The molecule has 0 saturated heterocycles. The molecule has 1 unspecified atom stereocenters. The molecule has 1 aliphatic rings. The van der Waals surface area contributed by atoms with E-state index >= 15 is 0 Å². The lowest BCUT2D eigenvalue weighted by molar-refractivity contribution is 0.00977. The monoisotopic (exact) mass is 250 g/mol. The number of ether oxygens (including phenoxy) is 2. The first-order valence-electron chi connectivity index (χ1n) is 6.69. The van der Waals surface area contributed by atoms with Crippen molar-refractivity contribution in [1.29, 1.82) is 0 Å². The molecule has 0 radical (unpaired) electrons. The average Bonchev–Trinajstić information content (AvgIpc) is 3.20. The number of aromatic nitrogens is 1. The standard InChI is InChI=1S/C14H22N2O2/c1-2-12(15)7-13-5-6-14(8-16-13)18-10-17-9-11-3-4-11/h5-6,8,11-12H,2-4,7,9-10,15H2,1H3. The van der Waals surface area contributed by atoms with Crippen LogP contribution in [0.4, 0.5) is 0 Å². The molecule has 0 aromatic carbocycles. The predicted molar refractivity (Wildman–Crippen MR) is 70.4 cm³/mol. The topological polar surface area (TPSA) is 57.4 Å². The maximum absolute atomic E-state index is 5.88. The Morgan fingerprint density at radius 3 is 2.89 bits per heavy atom. The molecule has 0 spiro atoms. The second-order valence-electron chi connectivity index (χ2n) is 4.93. The molecule has 1 aromatic rings. The van der Waals surface area contributed by atoms with E-state index in [-0.39, 0.29) is 6.04 Å². The van der Waals surface area contributed by atoms with Gasteiger partial charge in [0.05, 0.1) is 12.8 Å². The maximum Gasteiger partial charge on any atom is 0.189 e. The van der Waals surface area contributed by atoms with Gasteiger partial charge < -0.3 is 15.2 Å². The van der Waals surface area contributed by atoms with Gasteiger partial charge in [-0.3, -0.25) is 4.98 Å². The fraction of sp³-hybridized carbons (Fsp3) is 0.643. The van der Waals surface area contributed by atoms with Crippen LogP contribution in [0.25, 0.3) is 0 Å². The van der Waals surface area contributed by atoms with Gasteiger partial charge in [0.2, 0.25) is 0 Å². The summed E-state index contributed by atoms with van der Waals surface area (Å²) in [6.45, 7) is 3.21. The molecule has 1 saturated carbocycles. The van der Waals surface area contributed by atoms with E-state index in [0.29, 0.717) is 6.79 Å². The van der Waals surface area contributed by atoms with Crippen molar-refractivity contribution in [2.24, 2.45) is 11.7 Å². The zero-order chi connectivity index (χ0) is 12.8. The highest BCUT2D eigenvalue weighted by atomic mass is 16.7. The Kier molecular flexibility index (Phi) is 4.96. The first-order chi connectivity index (χ1) is 8.78. The van der Waals surface area contributed by atoms with Gasteiger partial charge in [-0.25, -0.2) is 0 Å². The van der Waals surface area contributed by atoms with Gasteiger partial charge in [0, 0.05) is 18.2 Å². The Bertz CT molecular complexity index is 349. The minimum absolute atomic E-state index is 0.186. The van der Waals surface area contributed by atoms with E-state index in [4.69, 9.17) is 15.2 Å². The van der Waals surface area contributed by atoms with Crippen molar-refractivity contribution in [2.75, 3.05) is 13.4 Å². The normalized spacial score (nSPS) is 16.6. The van der Waals surface area contributed by atoms with Crippen LogP contribution in [0.3, 0.4) is 0 Å². The van der Waals surface area contributed by atoms with Crippen LogP contribution in [0, 0.1) is 5.92 Å². The minimum Gasteiger partial charge on any atom is -0.466 e. The third-order valence-corrected chi connectivity index (χ3v) is 3.15. The summed E-state index contributed by atoms with van der Waals surface area (Å²) >= 11 is 0. The summed E-state index contributed by atoms with van der Waals surface area (Å²) in [5.41, 5.74) is 6.89. The Morgan fingerprint density at radius 1 is 1.44 bits per heavy atom. The van der Waals surface area contributed by atoms with Gasteiger partial charge in [-0.2, -0.15) is 0 Å². The average molecular weight is 250 g/mol. The number of hydrogen-bond acceptors (Lipinski definition) is 4. The van der Waals surface area contributed by atoms with Gasteiger partial charge in [-0.15, -0.1) is 0 Å². The third kappa shape index (κ3) is 4.63. The van der Waals surface area contributed by atoms with Gasteiger partial charge >= 0.3 is 0 Å². The van der Waals surface area contributed by atoms with Crippen LogP contribution in [0.15, 0.2) is 18.3 Å². The van der Waals surface area contributed by atoms with Crippen LogP contribution >= 0.6 is 0 Å². The van der Waals surface area contributed by atoms with Crippen molar-refractivity contribution in [2.45, 2.75) is 38.6 Å². The summed E-state index contributed by atoms with van der Waals surface area (Å²) in [5.74, 6) is 1.52. The first kappa shape index (κ1) is 13.3. The van der Waals surface area contributed by atoms with Crippen LogP contribution in [0.2, 0.25) is 0 Å². The summed E-state index contributed by atoms with van der Waals surface area (Å²) in [7, 11) is 0. The summed E-state index contributed by atoms with van der Waals surface area (Å²) in [4.78, 5) is 4.33. The van der Waals surface area contributed by atoms with Crippen LogP contribution in [0.5, 0.6) is 5.75 Å². The Morgan fingerprint density at radius 2 is 2.28 bits per heavy atom. The summed E-state index contributed by atoms with van der Waals surface area (Å²) in [5, 5.41) is 0. The van der Waals surface area contributed by atoms with Gasteiger partial charge in [0.25, 0.3) is 0 Å². The molecule has 1 fully saturated rings. The Balaban J connectivity index is 1.68. The molecule has 4 nitrogen and oxygen atoms in total. The van der Waals surface area contributed by atoms with E-state index in [1.54, 1.807) is 6.20 Å². The van der Waals surface area contributed by atoms with Crippen molar-refractivity contribution in [3.63, 3.8) is 0 Å². The SMILES string of the molecule is CCC(N)Cc1ccc(OCOCC2CC2)cn1. The molecule has 4 heteroatoms. The van der Waals surface area contributed by atoms with Gasteiger partial charge in [0.15, 0.2) is 6.79 Å². The lowest BCUT2D eigenvalue weighted by Gasteiger charge is -2.09. The van der Waals surface area contributed by atoms with Crippen molar-refractivity contribution < 1.29 is 9.47 Å². The van der Waals surface area contributed by atoms with Crippen LogP contribution in [0.1, 0.15) is 31.9 Å². The lowest BCUT2D eigenvalue weighted by Crippen LogP contribution is -2.21. The molecule has 0 bridgehead atoms. The Hall–Kier alpha value is -1.13. The number of pyridine rings is 1. The highest BCUT2D eigenvalue weighted by molar-refractivity contribution is 5.20. The van der Waals surface area contributed by atoms with E-state index in [2.05, 4.69) is 11.9 Å². The smallest absolute Gasteiger partial charge is 0.189 e. The molecular weight excluding hydrogens is 228 g/mol. The van der Waals surface area contributed by atoms with Gasteiger partial charge in [0.1, 0.15) is 5.75 Å². The highest BCUT2D eigenvalue weighted by Gasteiger charge is 2.21. The highest BCUT2D eigenvalue weighted by Crippen LogP contribution is 2.28. The molecule has 0 amide bonds. The second-order valence-corrected chi connectivity index (χ2v) is 4.93. The fourth-order valence-corrected chi connectivity index (χ4v) is 1.64. The van der Waals surface area contributed by atoms with Crippen LogP contribution in [-0.4, -0.2) is 24.4 Å². The molecule has 1 heterocycles. The van der Waals surface area contributed by atoms with E-state index in [9.17, 15) is 0 Å². The minimum atomic E-state index is 0.186. The van der Waals surface area contributed by atoms with Crippen molar-refractivity contribution in [3.8, 4) is 5.75 Å². The van der Waals surface area contributed by atoms with Crippen molar-refractivity contribution >= 4 is 0 Å². The maximum atomic E-state index is 5.88. The number of hydrogen-bond donors (Lipinski definition) is 1. The molecule has 1 aromatic heterocycles. The number of nitrogens with zero attached hydrogens (tertiary/aromatic N) is 1. The van der Waals surface area contributed by atoms with E-state index < -0.39 is 0 Å². The van der Waals surface area contributed by atoms with Crippen molar-refractivity contribution in [1.82, 2.24) is 4.98 Å². The molecule has 2 rings (SSSR count). The summed E-state index contributed by atoms with van der Waals surface area (Å²) in [6.07, 6.45) is 6.12. The summed E-state index contributed by atoms with van der Waals surface area (Å²) < 4.78 is 10.9. The van der Waals surface area contributed by atoms with Crippen LogP contribution < -0.4 is 10.5 Å². The van der Waals surface area contributed by atoms with Gasteiger partial charge in [-0.05, 0) is 37.3 Å². The van der Waals surface area contributed by atoms with Crippen molar-refractivity contribution in [3.05, 3.63) is 24.0 Å². The van der Waals surface area contributed by atoms with Crippen LogP contribution in [-0.2, 0) is 11.2 Å². The number of nitrogens with two attached hydrogens (primary N) is 1. The molecule has 2 N–H and O–H groups in total. The quantitative estimate of drug-likeness (QED) is 0.567. The zero-order valence-electron chi connectivity index (χ0n) is 11.0. The predicted octanol–water partition coefficient (Wildman–Crippen LogP) is 2.12. The summed E-state index contributed by atoms with van der Waals surface area (Å²) in [6, 6.07) is 4.07. The Labute approximate surface area is 108 Å². The zero-order valence-corrected chi connectivity index (χ0v) is 11.0.